The zero-order valence-electron chi connectivity index (χ0n) is 24.3. The molecule has 1 heterocycles. The minimum absolute atomic E-state index is 0.514. The second-order valence-corrected chi connectivity index (χ2v) is 10.5. The fourth-order valence-corrected chi connectivity index (χ4v) is 4.38. The lowest BCUT2D eigenvalue weighted by atomic mass is 10.0. The lowest BCUT2D eigenvalue weighted by molar-refractivity contribution is 0.675. The molecule has 0 bridgehead atoms. The molecule has 2 nitrogen and oxygen atoms in total. The van der Waals surface area contributed by atoms with Gasteiger partial charge in [0.05, 0.1) is 12.5 Å². The summed E-state index contributed by atoms with van der Waals surface area (Å²) < 4.78 is 2.39. The predicted octanol–water partition coefficient (Wildman–Crippen LogP) is 10.7. The van der Waals surface area contributed by atoms with Gasteiger partial charge in [0.25, 0.3) is 0 Å². The Hall–Kier alpha value is -3.57. The molecule has 0 aliphatic rings. The van der Waals surface area contributed by atoms with Crippen molar-refractivity contribution in [3.05, 3.63) is 108 Å². The third-order valence-electron chi connectivity index (χ3n) is 6.56. The van der Waals surface area contributed by atoms with E-state index < -0.39 is 0 Å². The van der Waals surface area contributed by atoms with Crippen LogP contribution in [0.1, 0.15) is 82.4 Å². The molecule has 0 radical (unpaired) electrons. The number of unbranched alkanes of at least 4 members (excludes halogenated alkanes) is 4. The molecule has 2 heteroatoms. The van der Waals surface area contributed by atoms with Gasteiger partial charge in [-0.1, -0.05) is 118 Å². The highest BCUT2D eigenvalue weighted by Crippen LogP contribution is 2.31. The van der Waals surface area contributed by atoms with Crippen LogP contribution >= 0.6 is 0 Å². The highest BCUT2D eigenvalue weighted by molar-refractivity contribution is 6.08. The first-order chi connectivity index (χ1) is 18.3. The lowest BCUT2D eigenvalue weighted by Crippen LogP contribution is -1.98. The summed E-state index contributed by atoms with van der Waals surface area (Å²) in [5, 5.41) is 11.0. The molecule has 0 fully saturated rings. The number of nitriles is 1. The van der Waals surface area contributed by atoms with Gasteiger partial charge in [-0.25, -0.2) is 0 Å². The number of fused-ring (bicyclic) bond motifs is 3. The summed E-state index contributed by atoms with van der Waals surface area (Å²) in [6.07, 6.45) is 9.13. The van der Waals surface area contributed by atoms with Crippen molar-refractivity contribution in [2.24, 2.45) is 0 Å². The van der Waals surface area contributed by atoms with Crippen molar-refractivity contribution in [2.75, 3.05) is 0 Å². The monoisotopic (exact) mass is 506 g/mol. The molecule has 0 spiro atoms. The van der Waals surface area contributed by atoms with E-state index in [4.69, 9.17) is 5.26 Å². The Morgan fingerprint density at radius 2 is 1.63 bits per heavy atom. The maximum atomic E-state index is 8.34. The van der Waals surface area contributed by atoms with Gasteiger partial charge in [0.2, 0.25) is 0 Å². The molecule has 1 aromatic heterocycles. The molecule has 38 heavy (non-hydrogen) atoms. The number of aryl methyl sites for hydroxylation is 1. The van der Waals surface area contributed by atoms with Gasteiger partial charge in [-0.05, 0) is 55.9 Å². The molecule has 0 saturated heterocycles. The normalized spacial score (nSPS) is 10.3. The van der Waals surface area contributed by atoms with Crippen LogP contribution in [0.25, 0.3) is 21.8 Å². The first-order valence-corrected chi connectivity index (χ1v) is 14.0. The van der Waals surface area contributed by atoms with Gasteiger partial charge in [-0.3, -0.25) is 0 Å². The summed E-state index contributed by atoms with van der Waals surface area (Å²) in [4.78, 5) is 0. The van der Waals surface area contributed by atoms with Crippen LogP contribution < -0.4 is 0 Å². The standard InChI is InChI=1S/C19H21N.C9H9N.C8H16/c1-13(2)12-20-18-8-6-5-7-16(18)17-10-9-15(14(3)4)11-19(17)20;1-8-2-4-9(5-3-8)6-7-10;1-3-5-7-8-6-4-2/h5-11,14H,1,12H2,2-4H3;2-5H,6H2,1H3;3H,1,4-8H2,2H3. The number of rotatable bonds is 9. The molecule has 200 valence electrons. The van der Waals surface area contributed by atoms with Crippen molar-refractivity contribution in [3.8, 4) is 6.07 Å². The summed E-state index contributed by atoms with van der Waals surface area (Å²) in [5.41, 5.74) is 7.52. The van der Waals surface area contributed by atoms with Gasteiger partial charge in [0.15, 0.2) is 0 Å². The maximum absolute atomic E-state index is 8.34. The van der Waals surface area contributed by atoms with Crippen LogP contribution in [-0.4, -0.2) is 4.57 Å². The van der Waals surface area contributed by atoms with E-state index in [0.29, 0.717) is 12.3 Å². The van der Waals surface area contributed by atoms with E-state index in [-0.39, 0.29) is 0 Å². The molecular weight excluding hydrogens is 460 g/mol. The van der Waals surface area contributed by atoms with Crippen LogP contribution in [0.3, 0.4) is 0 Å². The van der Waals surface area contributed by atoms with Crippen LogP contribution in [0, 0.1) is 18.3 Å². The molecule has 3 aromatic carbocycles. The summed E-state index contributed by atoms with van der Waals surface area (Å²) >= 11 is 0. The van der Waals surface area contributed by atoms with Crippen LogP contribution in [-0.2, 0) is 13.0 Å². The third-order valence-corrected chi connectivity index (χ3v) is 6.56. The summed E-state index contributed by atoms with van der Waals surface area (Å²) in [6.45, 7) is 19.5. The van der Waals surface area contributed by atoms with E-state index >= 15 is 0 Å². The maximum Gasteiger partial charge on any atom is 0.0669 e. The van der Waals surface area contributed by atoms with E-state index in [9.17, 15) is 0 Å². The predicted molar refractivity (Wildman–Crippen MR) is 168 cm³/mol. The van der Waals surface area contributed by atoms with Crippen molar-refractivity contribution >= 4 is 21.8 Å². The summed E-state index contributed by atoms with van der Waals surface area (Å²) in [7, 11) is 0. The van der Waals surface area contributed by atoms with Crippen molar-refractivity contribution in [3.63, 3.8) is 0 Å². The second-order valence-electron chi connectivity index (χ2n) is 10.5. The quantitative estimate of drug-likeness (QED) is 0.164. The van der Waals surface area contributed by atoms with E-state index in [0.717, 1.165) is 12.1 Å². The SMILES string of the molecule is C=C(C)Cn1c2ccccc2c2ccc(C(C)C)cc21.C=CCCCCCC.Cc1ccc(CC#N)cc1. The minimum atomic E-state index is 0.514. The molecular formula is C36H46N2. The van der Waals surface area contributed by atoms with E-state index in [2.05, 4.69) is 94.0 Å². The zero-order chi connectivity index (χ0) is 27.9. The highest BCUT2D eigenvalue weighted by atomic mass is 15.0. The number of benzene rings is 3. The fourth-order valence-electron chi connectivity index (χ4n) is 4.38. The zero-order valence-corrected chi connectivity index (χ0v) is 24.3. The molecule has 0 saturated carbocycles. The molecule has 0 aliphatic carbocycles. The third kappa shape index (κ3) is 9.38. The Labute approximate surface area is 231 Å². The van der Waals surface area contributed by atoms with Gasteiger partial charge >= 0.3 is 0 Å². The van der Waals surface area contributed by atoms with Crippen molar-refractivity contribution in [2.45, 2.75) is 85.6 Å². The average molecular weight is 507 g/mol. The molecule has 0 unspecified atom stereocenters. The second kappa shape index (κ2) is 16.3. The van der Waals surface area contributed by atoms with Crippen molar-refractivity contribution in [1.29, 1.82) is 5.26 Å². The number of nitrogens with zero attached hydrogens (tertiary/aromatic N) is 2. The number of allylic oxidation sites excluding steroid dienone is 2. The molecule has 0 atom stereocenters. The highest BCUT2D eigenvalue weighted by Gasteiger charge is 2.11. The summed E-state index contributed by atoms with van der Waals surface area (Å²) in [5.74, 6) is 0.552. The minimum Gasteiger partial charge on any atom is -0.336 e. The lowest BCUT2D eigenvalue weighted by Gasteiger charge is -2.09. The summed E-state index contributed by atoms with van der Waals surface area (Å²) in [6, 6.07) is 25.6. The van der Waals surface area contributed by atoms with Gasteiger partial charge in [0, 0.05) is 28.4 Å². The number of aromatic nitrogens is 1. The van der Waals surface area contributed by atoms with Crippen LogP contribution in [0.15, 0.2) is 91.5 Å². The number of para-hydroxylation sites is 1. The van der Waals surface area contributed by atoms with E-state index in [1.807, 2.05) is 37.3 Å². The molecule has 4 aromatic rings. The number of hydrogen-bond acceptors (Lipinski definition) is 1. The first-order valence-electron chi connectivity index (χ1n) is 14.0. The molecule has 0 amide bonds. The van der Waals surface area contributed by atoms with Gasteiger partial charge in [0.1, 0.15) is 0 Å². The Morgan fingerprint density at radius 1 is 0.947 bits per heavy atom. The van der Waals surface area contributed by atoms with Crippen LogP contribution in [0.2, 0.25) is 0 Å². The Kier molecular flexibility index (Phi) is 13.2. The van der Waals surface area contributed by atoms with Gasteiger partial charge in [-0.2, -0.15) is 5.26 Å². The topological polar surface area (TPSA) is 28.7 Å². The van der Waals surface area contributed by atoms with Gasteiger partial charge < -0.3 is 4.57 Å². The largest absolute Gasteiger partial charge is 0.336 e. The van der Waals surface area contributed by atoms with Crippen LogP contribution in [0.4, 0.5) is 0 Å². The van der Waals surface area contributed by atoms with Crippen molar-refractivity contribution < 1.29 is 0 Å². The van der Waals surface area contributed by atoms with Crippen LogP contribution in [0.5, 0.6) is 0 Å². The van der Waals surface area contributed by atoms with Gasteiger partial charge in [-0.15, -0.1) is 6.58 Å². The molecule has 0 aliphatic heterocycles. The first kappa shape index (κ1) is 30.7. The smallest absolute Gasteiger partial charge is 0.0669 e. The Bertz CT molecular complexity index is 1330. The van der Waals surface area contributed by atoms with E-state index in [1.54, 1.807) is 0 Å². The molecule has 4 rings (SSSR count). The molecule has 0 N–H and O–H groups in total. The van der Waals surface area contributed by atoms with Crippen molar-refractivity contribution in [1.82, 2.24) is 4.57 Å². The van der Waals surface area contributed by atoms with E-state index in [1.165, 1.54) is 70.6 Å². The number of hydrogen-bond donors (Lipinski definition) is 0. The Balaban J connectivity index is 0.000000236. The fraction of sp³-hybridized carbons (Fsp3) is 0.361. The average Bonchev–Trinajstić information content (AvgIpc) is 3.21. The Morgan fingerprint density at radius 3 is 2.24 bits per heavy atom.